The Morgan fingerprint density at radius 2 is 1.79 bits per heavy atom. The monoisotopic (exact) mass is 495 g/mol. The number of benzene rings is 4. The maximum Gasteiger partial charge on any atom is 0.233 e. The lowest BCUT2D eigenvalue weighted by atomic mass is 9.65. The molecule has 3 nitrogen and oxygen atoms in total. The number of phenols is 1. The number of nitrogens with one attached hydrogen (secondary N) is 1. The first-order valence-corrected chi connectivity index (χ1v) is 11.9. The Balaban J connectivity index is 1.59. The Bertz CT molecular complexity index is 1490. The van der Waals surface area contributed by atoms with Gasteiger partial charge in [0.2, 0.25) is 5.91 Å². The van der Waals surface area contributed by atoms with Gasteiger partial charge in [-0.1, -0.05) is 88.7 Å². The zero-order chi connectivity index (χ0) is 22.7. The molecule has 2 unspecified atom stereocenters. The van der Waals surface area contributed by atoms with Gasteiger partial charge in [0.25, 0.3) is 0 Å². The van der Waals surface area contributed by atoms with E-state index in [1.165, 1.54) is 0 Å². The molecule has 1 heterocycles. The molecule has 1 amide bonds. The quantitative estimate of drug-likeness (QED) is 0.326. The lowest BCUT2D eigenvalue weighted by Crippen LogP contribution is -2.37. The number of aromatic hydroxyl groups is 1. The van der Waals surface area contributed by atoms with E-state index in [1.807, 2.05) is 60.7 Å². The molecule has 4 aromatic rings. The van der Waals surface area contributed by atoms with Crippen LogP contribution in [-0.2, 0) is 16.6 Å². The van der Waals surface area contributed by atoms with Crippen molar-refractivity contribution in [2.75, 3.05) is 5.32 Å². The summed E-state index contributed by atoms with van der Waals surface area (Å²) in [4.78, 5) is 13.6. The average Bonchev–Trinajstić information content (AvgIpc) is 3.37. The molecule has 0 bridgehead atoms. The highest BCUT2D eigenvalue weighted by Crippen LogP contribution is 2.54. The molecule has 162 valence electrons. The van der Waals surface area contributed by atoms with E-state index in [-0.39, 0.29) is 11.7 Å². The summed E-state index contributed by atoms with van der Waals surface area (Å²) in [5.41, 5.74) is 5.41. The number of hydrogen-bond acceptors (Lipinski definition) is 2. The number of fused-ring (bicyclic) bond motifs is 3. The van der Waals surface area contributed by atoms with Crippen molar-refractivity contribution >= 4 is 44.4 Å². The van der Waals surface area contributed by atoms with Crippen LogP contribution in [0.3, 0.4) is 0 Å². The van der Waals surface area contributed by atoms with E-state index >= 15 is 0 Å². The molecule has 0 saturated heterocycles. The fourth-order valence-corrected chi connectivity index (χ4v) is 6.02. The van der Waals surface area contributed by atoms with Gasteiger partial charge in [0.05, 0.1) is 5.92 Å². The molecule has 2 aliphatic rings. The van der Waals surface area contributed by atoms with Gasteiger partial charge in [0.15, 0.2) is 0 Å². The summed E-state index contributed by atoms with van der Waals surface area (Å²) < 4.78 is 0.988. The van der Waals surface area contributed by atoms with Gasteiger partial charge in [-0.2, -0.15) is 0 Å². The minimum Gasteiger partial charge on any atom is -0.507 e. The lowest BCUT2D eigenvalue weighted by molar-refractivity contribution is -0.118. The molecule has 2 atom stereocenters. The molecule has 0 aromatic heterocycles. The Morgan fingerprint density at radius 3 is 2.67 bits per heavy atom. The summed E-state index contributed by atoms with van der Waals surface area (Å²) in [6, 6.07) is 24.1. The molecule has 6 rings (SSSR count). The number of rotatable bonds is 3. The molecule has 0 fully saturated rings. The highest BCUT2D eigenvalue weighted by atomic mass is 79.9. The van der Waals surface area contributed by atoms with Gasteiger partial charge in [0, 0.05) is 21.0 Å². The van der Waals surface area contributed by atoms with E-state index in [9.17, 15) is 9.90 Å². The molecule has 0 radical (unpaired) electrons. The molecule has 1 aliphatic heterocycles. The van der Waals surface area contributed by atoms with Crippen molar-refractivity contribution in [1.29, 1.82) is 0 Å². The van der Waals surface area contributed by atoms with Gasteiger partial charge in [-0.25, -0.2) is 0 Å². The van der Waals surface area contributed by atoms with E-state index in [0.29, 0.717) is 6.42 Å². The Morgan fingerprint density at radius 1 is 1.00 bits per heavy atom. The number of allylic oxidation sites excluding steroid dienone is 1. The van der Waals surface area contributed by atoms with Crippen LogP contribution >= 0.6 is 15.9 Å². The van der Waals surface area contributed by atoms with Crippen LogP contribution < -0.4 is 5.32 Å². The van der Waals surface area contributed by atoms with Crippen LogP contribution in [-0.4, -0.2) is 11.0 Å². The van der Waals surface area contributed by atoms with Gasteiger partial charge >= 0.3 is 0 Å². The first-order chi connectivity index (χ1) is 16.0. The smallest absolute Gasteiger partial charge is 0.233 e. The molecule has 4 aromatic carbocycles. The third-order valence-corrected chi connectivity index (χ3v) is 8.12. The zero-order valence-electron chi connectivity index (χ0n) is 18.1. The maximum absolute atomic E-state index is 13.6. The highest BCUT2D eigenvalue weighted by molar-refractivity contribution is 9.10. The second-order valence-corrected chi connectivity index (χ2v) is 9.84. The van der Waals surface area contributed by atoms with E-state index in [1.54, 1.807) is 0 Å². The van der Waals surface area contributed by atoms with Crippen LogP contribution in [0, 0.1) is 6.92 Å². The molecule has 0 saturated carbocycles. The van der Waals surface area contributed by atoms with Crippen LogP contribution in [0.2, 0.25) is 0 Å². The van der Waals surface area contributed by atoms with Crippen molar-refractivity contribution in [2.24, 2.45) is 0 Å². The van der Waals surface area contributed by atoms with E-state index in [2.05, 4.69) is 52.5 Å². The zero-order valence-corrected chi connectivity index (χ0v) is 19.7. The van der Waals surface area contributed by atoms with Crippen molar-refractivity contribution < 1.29 is 9.90 Å². The number of carbonyl (C=O) groups is 1. The fourth-order valence-electron chi connectivity index (χ4n) is 5.67. The van der Waals surface area contributed by atoms with Crippen LogP contribution in [0.25, 0.3) is 16.8 Å². The summed E-state index contributed by atoms with van der Waals surface area (Å²) in [7, 11) is 0. The summed E-state index contributed by atoms with van der Waals surface area (Å²) >= 11 is 3.66. The minimum atomic E-state index is -0.614. The number of halogens is 1. The van der Waals surface area contributed by atoms with E-state index in [0.717, 1.165) is 48.7 Å². The SMILES string of the molecule is Cc1c(Br)ccc2c1C(C1(Cc3ccc4ccccc4c3O)C=Cc3ccccc31)C(=O)N2. The second-order valence-electron chi connectivity index (χ2n) is 8.99. The van der Waals surface area contributed by atoms with Crippen molar-refractivity contribution in [3.63, 3.8) is 0 Å². The first kappa shape index (κ1) is 20.3. The first-order valence-electron chi connectivity index (χ1n) is 11.1. The van der Waals surface area contributed by atoms with Gasteiger partial charge in [-0.05, 0) is 58.7 Å². The lowest BCUT2D eigenvalue weighted by Gasteiger charge is -2.35. The molecule has 4 heteroatoms. The topological polar surface area (TPSA) is 49.3 Å². The molecule has 33 heavy (non-hydrogen) atoms. The fraction of sp³-hybridized carbons (Fsp3) is 0.138. The van der Waals surface area contributed by atoms with Crippen molar-refractivity contribution in [3.8, 4) is 5.75 Å². The molecule has 0 spiro atoms. The number of hydrogen-bond donors (Lipinski definition) is 2. The molecular formula is C29H22BrNO2. The Hall–Kier alpha value is -3.37. The van der Waals surface area contributed by atoms with Gasteiger partial charge in [0.1, 0.15) is 5.75 Å². The summed E-state index contributed by atoms with van der Waals surface area (Å²) in [6.07, 6.45) is 4.80. The number of carbonyl (C=O) groups excluding carboxylic acids is 1. The minimum absolute atomic E-state index is 0.00664. The van der Waals surface area contributed by atoms with Gasteiger partial charge in [-0.15, -0.1) is 0 Å². The van der Waals surface area contributed by atoms with Crippen molar-refractivity contribution in [2.45, 2.75) is 24.7 Å². The maximum atomic E-state index is 13.6. The van der Waals surface area contributed by atoms with E-state index in [4.69, 9.17) is 0 Å². The normalized spacial score (nSPS) is 20.7. The largest absolute Gasteiger partial charge is 0.507 e. The van der Waals surface area contributed by atoms with Crippen LogP contribution in [0.5, 0.6) is 5.75 Å². The van der Waals surface area contributed by atoms with Gasteiger partial charge < -0.3 is 10.4 Å². The predicted molar refractivity (Wildman–Crippen MR) is 137 cm³/mol. The number of amides is 1. The number of anilines is 1. The second kappa shape index (κ2) is 7.32. The predicted octanol–water partition coefficient (Wildman–Crippen LogP) is 6.86. The number of phenolic OH excluding ortho intramolecular Hbond substituents is 1. The van der Waals surface area contributed by atoms with Crippen molar-refractivity contribution in [3.05, 3.63) is 111 Å². The highest BCUT2D eigenvalue weighted by Gasteiger charge is 2.51. The van der Waals surface area contributed by atoms with Crippen molar-refractivity contribution in [1.82, 2.24) is 0 Å². The molecule has 2 N–H and O–H groups in total. The van der Waals surface area contributed by atoms with E-state index < -0.39 is 11.3 Å². The average molecular weight is 496 g/mol. The summed E-state index contributed by atoms with van der Waals surface area (Å²) in [5, 5.41) is 16.2. The van der Waals surface area contributed by atoms with Gasteiger partial charge in [-0.3, -0.25) is 4.79 Å². The third-order valence-electron chi connectivity index (χ3n) is 7.26. The molecular weight excluding hydrogens is 474 g/mol. The van der Waals surface area contributed by atoms with Crippen LogP contribution in [0.4, 0.5) is 5.69 Å². The van der Waals surface area contributed by atoms with Crippen LogP contribution in [0.15, 0.2) is 83.3 Å². The summed E-state index contributed by atoms with van der Waals surface area (Å²) in [6.45, 7) is 2.06. The van der Waals surface area contributed by atoms with Crippen LogP contribution in [0.1, 0.15) is 33.7 Å². The third kappa shape index (κ3) is 2.90. The Kier molecular flexibility index (Phi) is 4.49. The summed E-state index contributed by atoms with van der Waals surface area (Å²) in [5.74, 6) is -0.126. The Labute approximate surface area is 200 Å². The standard InChI is InChI=1S/C29H22BrNO2/c1-17-23(30)12-13-24-25(17)26(28(33)31-24)29(15-14-19-7-3-5-9-22(19)29)16-20-11-10-18-6-2-4-8-21(18)27(20)32/h2-15,26,32H,16H2,1H3,(H,31,33). The molecule has 1 aliphatic carbocycles.